The van der Waals surface area contributed by atoms with Crippen molar-refractivity contribution in [2.24, 2.45) is 0 Å². The number of ether oxygens (including phenoxy) is 2. The Labute approximate surface area is 140 Å². The van der Waals surface area contributed by atoms with Gasteiger partial charge in [-0.2, -0.15) is 0 Å². The molecule has 1 saturated carbocycles. The maximum absolute atomic E-state index is 14.3. The quantitative estimate of drug-likeness (QED) is 0.884. The summed E-state index contributed by atoms with van der Waals surface area (Å²) in [6.07, 6.45) is 4.26. The summed E-state index contributed by atoms with van der Waals surface area (Å²) in [4.78, 5) is 12.4. The molecule has 1 amide bonds. The number of halogens is 1. The molecule has 1 aliphatic carbocycles. The fourth-order valence-electron chi connectivity index (χ4n) is 2.87. The van der Waals surface area contributed by atoms with Crippen molar-refractivity contribution in [3.8, 4) is 11.5 Å². The number of anilines is 1. The molecule has 24 heavy (non-hydrogen) atoms. The van der Waals surface area contributed by atoms with Gasteiger partial charge < -0.3 is 14.8 Å². The zero-order valence-electron chi connectivity index (χ0n) is 13.5. The number of carbonyl (C=O) groups is 1. The Bertz CT molecular complexity index is 712. The van der Waals surface area contributed by atoms with E-state index in [9.17, 15) is 9.18 Å². The van der Waals surface area contributed by atoms with Crippen LogP contribution in [0.5, 0.6) is 11.5 Å². The van der Waals surface area contributed by atoms with Crippen LogP contribution in [-0.2, 0) is 0 Å². The fraction of sp³-hybridized carbons (Fsp3) is 0.316. The van der Waals surface area contributed by atoms with Crippen molar-refractivity contribution in [2.45, 2.75) is 31.8 Å². The zero-order chi connectivity index (χ0) is 16.9. The first-order valence-corrected chi connectivity index (χ1v) is 8.08. The summed E-state index contributed by atoms with van der Waals surface area (Å²) in [6, 6.07) is 11.6. The second kappa shape index (κ2) is 7.34. The standard InChI is InChI=1S/C19H20FNO3/c1-23-17-12-16(20)15(11-18(17)24-14-9-5-6-10-14)19(22)21-13-7-3-2-4-8-13/h2-4,7-8,11-12,14H,5-6,9-10H2,1H3,(H,21,22). The zero-order valence-corrected chi connectivity index (χ0v) is 13.5. The van der Waals surface area contributed by atoms with Gasteiger partial charge in [-0.25, -0.2) is 4.39 Å². The van der Waals surface area contributed by atoms with Gasteiger partial charge in [0.05, 0.1) is 18.8 Å². The van der Waals surface area contributed by atoms with Crippen molar-refractivity contribution in [1.29, 1.82) is 0 Å². The van der Waals surface area contributed by atoms with E-state index < -0.39 is 11.7 Å². The number of benzene rings is 2. The Morgan fingerprint density at radius 2 is 1.83 bits per heavy atom. The van der Waals surface area contributed by atoms with Crippen molar-refractivity contribution in [3.05, 3.63) is 53.8 Å². The minimum Gasteiger partial charge on any atom is -0.493 e. The van der Waals surface area contributed by atoms with E-state index in [0.29, 0.717) is 17.2 Å². The Balaban J connectivity index is 1.85. The molecule has 4 nitrogen and oxygen atoms in total. The van der Waals surface area contributed by atoms with Crippen LogP contribution in [0.2, 0.25) is 0 Å². The predicted molar refractivity (Wildman–Crippen MR) is 90.2 cm³/mol. The van der Waals surface area contributed by atoms with Gasteiger partial charge in [0.2, 0.25) is 0 Å². The first kappa shape index (κ1) is 16.3. The van der Waals surface area contributed by atoms with Crippen molar-refractivity contribution < 1.29 is 18.7 Å². The number of carbonyl (C=O) groups excluding carboxylic acids is 1. The van der Waals surface area contributed by atoms with Gasteiger partial charge in [0, 0.05) is 11.8 Å². The Hall–Kier alpha value is -2.56. The summed E-state index contributed by atoms with van der Waals surface area (Å²) in [5.41, 5.74) is 0.545. The van der Waals surface area contributed by atoms with Crippen LogP contribution in [-0.4, -0.2) is 19.1 Å². The Kier molecular flexibility index (Phi) is 4.99. The van der Waals surface area contributed by atoms with E-state index in [2.05, 4.69) is 5.32 Å². The Morgan fingerprint density at radius 3 is 2.50 bits per heavy atom. The molecule has 0 heterocycles. The van der Waals surface area contributed by atoms with Crippen molar-refractivity contribution in [1.82, 2.24) is 0 Å². The molecule has 0 atom stereocenters. The molecule has 126 valence electrons. The van der Waals surface area contributed by atoms with Gasteiger partial charge in [-0.05, 0) is 43.9 Å². The van der Waals surface area contributed by atoms with Gasteiger partial charge in [0.1, 0.15) is 5.82 Å². The minimum absolute atomic E-state index is 0.0624. The lowest BCUT2D eigenvalue weighted by molar-refractivity contribution is 0.102. The van der Waals surface area contributed by atoms with E-state index in [1.807, 2.05) is 6.07 Å². The fourth-order valence-corrected chi connectivity index (χ4v) is 2.87. The van der Waals surface area contributed by atoms with Crippen LogP contribution in [0.1, 0.15) is 36.0 Å². The number of hydrogen-bond acceptors (Lipinski definition) is 3. The number of nitrogens with one attached hydrogen (secondary N) is 1. The van der Waals surface area contributed by atoms with Gasteiger partial charge in [-0.3, -0.25) is 4.79 Å². The SMILES string of the molecule is COc1cc(F)c(C(=O)Nc2ccccc2)cc1OC1CCCC1. The van der Waals surface area contributed by atoms with E-state index in [1.165, 1.54) is 19.2 Å². The van der Waals surface area contributed by atoms with Crippen LogP contribution in [0.15, 0.2) is 42.5 Å². The lowest BCUT2D eigenvalue weighted by Gasteiger charge is -2.17. The average molecular weight is 329 g/mol. The molecular formula is C19H20FNO3. The summed E-state index contributed by atoms with van der Waals surface area (Å²) in [6.45, 7) is 0. The highest BCUT2D eigenvalue weighted by atomic mass is 19.1. The molecule has 1 N–H and O–H groups in total. The first-order chi connectivity index (χ1) is 11.7. The van der Waals surface area contributed by atoms with E-state index in [1.54, 1.807) is 24.3 Å². The summed E-state index contributed by atoms with van der Waals surface area (Å²) in [5.74, 6) is -0.448. The van der Waals surface area contributed by atoms with Gasteiger partial charge >= 0.3 is 0 Å². The third kappa shape index (κ3) is 3.67. The summed E-state index contributed by atoms with van der Waals surface area (Å²) >= 11 is 0. The van der Waals surface area contributed by atoms with Gasteiger partial charge in [-0.1, -0.05) is 18.2 Å². The molecule has 5 heteroatoms. The van der Waals surface area contributed by atoms with Crippen molar-refractivity contribution in [3.63, 3.8) is 0 Å². The largest absolute Gasteiger partial charge is 0.493 e. The average Bonchev–Trinajstić information content (AvgIpc) is 3.10. The molecular weight excluding hydrogens is 309 g/mol. The number of rotatable bonds is 5. The molecule has 1 aliphatic rings. The topological polar surface area (TPSA) is 47.6 Å². The normalized spacial score (nSPS) is 14.4. The van der Waals surface area contributed by atoms with Gasteiger partial charge in [0.25, 0.3) is 5.91 Å². The van der Waals surface area contributed by atoms with Gasteiger partial charge in [-0.15, -0.1) is 0 Å². The third-order valence-electron chi connectivity index (χ3n) is 4.13. The molecule has 0 aliphatic heterocycles. The smallest absolute Gasteiger partial charge is 0.258 e. The second-order valence-electron chi connectivity index (χ2n) is 5.83. The van der Waals surface area contributed by atoms with E-state index in [4.69, 9.17) is 9.47 Å². The van der Waals surface area contributed by atoms with Crippen molar-refractivity contribution >= 4 is 11.6 Å². The van der Waals surface area contributed by atoms with E-state index in [-0.39, 0.29) is 11.7 Å². The molecule has 1 fully saturated rings. The summed E-state index contributed by atoms with van der Waals surface area (Å²) < 4.78 is 25.4. The predicted octanol–water partition coefficient (Wildman–Crippen LogP) is 4.41. The van der Waals surface area contributed by atoms with Crippen molar-refractivity contribution in [2.75, 3.05) is 12.4 Å². The molecule has 0 bridgehead atoms. The summed E-state index contributed by atoms with van der Waals surface area (Å²) in [5, 5.41) is 2.68. The van der Waals surface area contributed by atoms with Crippen LogP contribution in [0.25, 0.3) is 0 Å². The van der Waals surface area contributed by atoms with Crippen LogP contribution in [0.4, 0.5) is 10.1 Å². The summed E-state index contributed by atoms with van der Waals surface area (Å²) in [7, 11) is 1.46. The van der Waals surface area contributed by atoms with E-state index >= 15 is 0 Å². The van der Waals surface area contributed by atoms with Crippen LogP contribution in [0, 0.1) is 5.82 Å². The number of methoxy groups -OCH3 is 1. The van der Waals surface area contributed by atoms with Crippen LogP contribution >= 0.6 is 0 Å². The Morgan fingerprint density at radius 1 is 1.12 bits per heavy atom. The van der Waals surface area contributed by atoms with Gasteiger partial charge in [0.15, 0.2) is 11.5 Å². The molecule has 3 rings (SSSR count). The molecule has 0 radical (unpaired) electrons. The molecule has 0 aromatic heterocycles. The van der Waals surface area contributed by atoms with Crippen LogP contribution in [0.3, 0.4) is 0 Å². The third-order valence-corrected chi connectivity index (χ3v) is 4.13. The molecule has 0 saturated heterocycles. The molecule has 0 unspecified atom stereocenters. The number of hydrogen-bond donors (Lipinski definition) is 1. The minimum atomic E-state index is -0.640. The second-order valence-corrected chi connectivity index (χ2v) is 5.83. The number of amides is 1. The highest BCUT2D eigenvalue weighted by Gasteiger charge is 2.22. The molecule has 2 aromatic carbocycles. The first-order valence-electron chi connectivity index (χ1n) is 8.08. The highest BCUT2D eigenvalue weighted by molar-refractivity contribution is 6.04. The maximum Gasteiger partial charge on any atom is 0.258 e. The molecule has 2 aromatic rings. The number of para-hydroxylation sites is 1. The van der Waals surface area contributed by atoms with Crippen LogP contribution < -0.4 is 14.8 Å². The highest BCUT2D eigenvalue weighted by Crippen LogP contribution is 2.34. The molecule has 0 spiro atoms. The maximum atomic E-state index is 14.3. The lowest BCUT2D eigenvalue weighted by Crippen LogP contribution is -2.16. The van der Waals surface area contributed by atoms with E-state index in [0.717, 1.165) is 25.7 Å². The monoisotopic (exact) mass is 329 g/mol. The lowest BCUT2D eigenvalue weighted by atomic mass is 10.1.